The molecule has 2 aromatic carbocycles. The van der Waals surface area contributed by atoms with Gasteiger partial charge in [-0.3, -0.25) is 14.9 Å². The Balaban J connectivity index is 2.39. The van der Waals surface area contributed by atoms with E-state index in [1.165, 1.54) is 24.3 Å². The quantitative estimate of drug-likeness (QED) is 0.626. The van der Waals surface area contributed by atoms with Gasteiger partial charge < -0.3 is 0 Å². The van der Waals surface area contributed by atoms with Crippen LogP contribution in [0.1, 0.15) is 24.5 Å². The second-order valence-electron chi connectivity index (χ2n) is 5.36. The molecule has 0 aliphatic carbocycles. The van der Waals surface area contributed by atoms with Crippen LogP contribution in [0.25, 0.3) is 11.6 Å². The van der Waals surface area contributed by atoms with E-state index in [9.17, 15) is 14.0 Å². The standard InChI is InChI=1S/C20H17ClFNO2/c1-3-13(2)19(24)23-20(25)18(15-6-10-17(22)11-7-15)12-14-4-8-16(21)9-5-14/h4-12H,2-3H2,1H3,(H,23,24,25)/b18-12+. The van der Waals surface area contributed by atoms with Crippen LogP contribution >= 0.6 is 11.6 Å². The van der Waals surface area contributed by atoms with Crippen molar-refractivity contribution in [1.82, 2.24) is 5.32 Å². The molecule has 25 heavy (non-hydrogen) atoms. The molecule has 0 heterocycles. The molecule has 2 aromatic rings. The van der Waals surface area contributed by atoms with Gasteiger partial charge in [-0.25, -0.2) is 4.39 Å². The number of carbonyl (C=O) groups is 2. The highest BCUT2D eigenvalue weighted by Gasteiger charge is 2.16. The minimum absolute atomic E-state index is 0.236. The summed E-state index contributed by atoms with van der Waals surface area (Å²) in [5.41, 5.74) is 1.75. The van der Waals surface area contributed by atoms with Crippen LogP contribution in [0.3, 0.4) is 0 Å². The van der Waals surface area contributed by atoms with Crippen LogP contribution in [0.2, 0.25) is 5.02 Å². The predicted molar refractivity (Wildman–Crippen MR) is 98.3 cm³/mol. The lowest BCUT2D eigenvalue weighted by molar-refractivity contribution is -0.125. The van der Waals surface area contributed by atoms with Crippen molar-refractivity contribution in [2.24, 2.45) is 0 Å². The summed E-state index contributed by atoms with van der Waals surface area (Å²) in [6.07, 6.45) is 2.05. The summed E-state index contributed by atoms with van der Waals surface area (Å²) in [6.45, 7) is 5.39. The molecule has 0 saturated heterocycles. The molecular weight excluding hydrogens is 341 g/mol. The van der Waals surface area contributed by atoms with Crippen LogP contribution in [0.15, 0.2) is 60.7 Å². The zero-order chi connectivity index (χ0) is 18.4. The zero-order valence-electron chi connectivity index (χ0n) is 13.7. The number of hydrogen-bond donors (Lipinski definition) is 1. The van der Waals surface area contributed by atoms with Crippen molar-refractivity contribution in [2.75, 3.05) is 0 Å². The fourth-order valence-corrected chi connectivity index (χ4v) is 2.18. The second-order valence-corrected chi connectivity index (χ2v) is 5.79. The molecule has 0 unspecified atom stereocenters. The Hall–Kier alpha value is -2.72. The Morgan fingerprint density at radius 1 is 1.08 bits per heavy atom. The number of rotatable bonds is 5. The number of benzene rings is 2. The number of amides is 2. The molecule has 0 radical (unpaired) electrons. The lowest BCUT2D eigenvalue weighted by Gasteiger charge is -2.10. The second kappa shape index (κ2) is 8.40. The van der Waals surface area contributed by atoms with Crippen LogP contribution < -0.4 is 5.32 Å². The van der Waals surface area contributed by atoms with Gasteiger partial charge in [0.05, 0.1) is 0 Å². The van der Waals surface area contributed by atoms with Gasteiger partial charge >= 0.3 is 0 Å². The number of carbonyl (C=O) groups excluding carboxylic acids is 2. The molecule has 0 aromatic heterocycles. The molecule has 0 saturated carbocycles. The summed E-state index contributed by atoms with van der Waals surface area (Å²) in [6, 6.07) is 12.3. The van der Waals surface area contributed by atoms with Gasteiger partial charge in [-0.2, -0.15) is 0 Å². The van der Waals surface area contributed by atoms with Gasteiger partial charge in [-0.05, 0) is 47.9 Å². The average molecular weight is 358 g/mol. The van der Waals surface area contributed by atoms with Crippen LogP contribution in [0.4, 0.5) is 4.39 Å². The summed E-state index contributed by atoms with van der Waals surface area (Å²) in [5.74, 6) is -1.52. The van der Waals surface area contributed by atoms with Crippen molar-refractivity contribution in [3.05, 3.63) is 82.6 Å². The van der Waals surface area contributed by atoms with Crippen LogP contribution in [0.5, 0.6) is 0 Å². The lowest BCUT2D eigenvalue weighted by Crippen LogP contribution is -2.31. The van der Waals surface area contributed by atoms with Crippen molar-refractivity contribution in [3.8, 4) is 0 Å². The van der Waals surface area contributed by atoms with Crippen molar-refractivity contribution >= 4 is 35.1 Å². The van der Waals surface area contributed by atoms with Gasteiger partial charge in [0, 0.05) is 16.2 Å². The average Bonchev–Trinajstić information content (AvgIpc) is 2.61. The maximum Gasteiger partial charge on any atom is 0.258 e. The maximum absolute atomic E-state index is 13.2. The Labute approximate surface area is 150 Å². The summed E-state index contributed by atoms with van der Waals surface area (Å²) in [4.78, 5) is 24.5. The summed E-state index contributed by atoms with van der Waals surface area (Å²) in [5, 5.41) is 2.88. The van der Waals surface area contributed by atoms with E-state index in [0.717, 1.165) is 5.56 Å². The SMILES string of the molecule is C=C(CC)C(=O)NC(=O)/C(=C/c1ccc(Cl)cc1)c1ccc(F)cc1. The van der Waals surface area contributed by atoms with E-state index in [1.807, 2.05) is 0 Å². The lowest BCUT2D eigenvalue weighted by atomic mass is 10.0. The highest BCUT2D eigenvalue weighted by molar-refractivity contribution is 6.31. The van der Waals surface area contributed by atoms with Crippen LogP contribution in [-0.4, -0.2) is 11.8 Å². The van der Waals surface area contributed by atoms with Gasteiger partial charge in [0.2, 0.25) is 0 Å². The van der Waals surface area contributed by atoms with E-state index in [4.69, 9.17) is 11.6 Å². The molecule has 0 fully saturated rings. The fraction of sp³-hybridized carbons (Fsp3) is 0.100. The van der Waals surface area contributed by atoms with Gasteiger partial charge in [-0.15, -0.1) is 0 Å². The highest BCUT2D eigenvalue weighted by Crippen LogP contribution is 2.20. The summed E-state index contributed by atoms with van der Waals surface area (Å²) >= 11 is 5.87. The van der Waals surface area contributed by atoms with Crippen molar-refractivity contribution in [2.45, 2.75) is 13.3 Å². The molecule has 0 aliphatic heterocycles. The minimum atomic E-state index is -0.582. The first kappa shape index (κ1) is 18.6. The molecule has 1 N–H and O–H groups in total. The molecule has 0 atom stereocenters. The fourth-order valence-electron chi connectivity index (χ4n) is 2.05. The first-order valence-corrected chi connectivity index (χ1v) is 8.05. The molecule has 2 rings (SSSR count). The highest BCUT2D eigenvalue weighted by atomic mass is 35.5. The van der Waals surface area contributed by atoms with E-state index in [2.05, 4.69) is 11.9 Å². The Kier molecular flexibility index (Phi) is 6.25. The Morgan fingerprint density at radius 2 is 1.68 bits per heavy atom. The third kappa shape index (κ3) is 5.13. The molecule has 5 heteroatoms. The molecule has 3 nitrogen and oxygen atoms in total. The van der Waals surface area contributed by atoms with Gasteiger partial charge in [-0.1, -0.05) is 49.4 Å². The van der Waals surface area contributed by atoms with Crippen LogP contribution in [-0.2, 0) is 9.59 Å². The number of hydrogen-bond acceptors (Lipinski definition) is 2. The third-order valence-electron chi connectivity index (χ3n) is 3.56. The molecular formula is C20H17ClFNO2. The smallest absolute Gasteiger partial charge is 0.258 e. The number of halogens is 2. The van der Waals surface area contributed by atoms with Gasteiger partial charge in [0.25, 0.3) is 11.8 Å². The molecule has 0 aliphatic rings. The molecule has 128 valence electrons. The summed E-state index contributed by atoms with van der Waals surface area (Å²) in [7, 11) is 0. The van der Waals surface area contributed by atoms with E-state index in [0.29, 0.717) is 22.6 Å². The largest absolute Gasteiger partial charge is 0.288 e. The first-order chi connectivity index (χ1) is 11.9. The van der Waals surface area contributed by atoms with E-state index in [-0.39, 0.29) is 5.57 Å². The monoisotopic (exact) mass is 357 g/mol. The minimum Gasteiger partial charge on any atom is -0.288 e. The van der Waals surface area contributed by atoms with Crippen molar-refractivity contribution in [1.29, 1.82) is 0 Å². The van der Waals surface area contributed by atoms with Crippen LogP contribution in [0, 0.1) is 5.82 Å². The molecule has 0 spiro atoms. The van der Waals surface area contributed by atoms with Gasteiger partial charge in [0.15, 0.2) is 0 Å². The number of nitrogens with one attached hydrogen (secondary N) is 1. The first-order valence-electron chi connectivity index (χ1n) is 7.67. The molecule has 2 amide bonds. The number of imide groups is 1. The zero-order valence-corrected chi connectivity index (χ0v) is 14.4. The summed E-state index contributed by atoms with van der Waals surface area (Å²) < 4.78 is 13.2. The Bertz CT molecular complexity index is 824. The van der Waals surface area contributed by atoms with E-state index >= 15 is 0 Å². The van der Waals surface area contributed by atoms with Crippen molar-refractivity contribution in [3.63, 3.8) is 0 Å². The normalized spacial score (nSPS) is 11.1. The van der Waals surface area contributed by atoms with E-state index in [1.54, 1.807) is 37.3 Å². The maximum atomic E-state index is 13.2. The van der Waals surface area contributed by atoms with Crippen molar-refractivity contribution < 1.29 is 14.0 Å². The molecule has 0 bridgehead atoms. The Morgan fingerprint density at radius 3 is 2.24 bits per heavy atom. The third-order valence-corrected chi connectivity index (χ3v) is 3.81. The van der Waals surface area contributed by atoms with E-state index < -0.39 is 17.6 Å². The topological polar surface area (TPSA) is 46.2 Å². The predicted octanol–water partition coefficient (Wildman–Crippen LogP) is 4.63. The van der Waals surface area contributed by atoms with Gasteiger partial charge in [0.1, 0.15) is 5.82 Å².